The number of aromatic amines is 1. The Balaban J connectivity index is 1.82. The second kappa shape index (κ2) is 4.49. The molecule has 1 aliphatic rings. The van der Waals surface area contributed by atoms with Gasteiger partial charge in [0.05, 0.1) is 0 Å². The fraction of sp³-hybridized carbons (Fsp3) is 0.545. The number of amides is 1. The monoisotopic (exact) mass is 208 g/mol. The number of carbonyl (C=O) groups is 1. The molecule has 0 spiro atoms. The Labute approximate surface area is 89.0 Å². The Morgan fingerprint density at radius 3 is 3.20 bits per heavy atom. The smallest absolute Gasteiger partial charge is 0.249 e. The largest absolute Gasteiger partial charge is 0.368 e. The summed E-state index contributed by atoms with van der Waals surface area (Å²) in [6, 6.07) is 1.94. The van der Waals surface area contributed by atoms with E-state index in [1.807, 2.05) is 25.4 Å². The van der Waals surface area contributed by atoms with Crippen LogP contribution < -0.4 is 5.32 Å². The molecule has 1 aromatic rings. The summed E-state index contributed by atoms with van der Waals surface area (Å²) in [5.41, 5.74) is 1.08. The first-order chi connectivity index (χ1) is 7.27. The summed E-state index contributed by atoms with van der Waals surface area (Å²) in [6.07, 6.45) is 4.43. The summed E-state index contributed by atoms with van der Waals surface area (Å²) >= 11 is 0. The Morgan fingerprint density at radius 1 is 1.73 bits per heavy atom. The van der Waals surface area contributed by atoms with E-state index in [0.29, 0.717) is 19.1 Å². The van der Waals surface area contributed by atoms with E-state index in [0.717, 1.165) is 12.0 Å². The Morgan fingerprint density at radius 2 is 2.60 bits per heavy atom. The van der Waals surface area contributed by atoms with Gasteiger partial charge in [-0.25, -0.2) is 0 Å². The molecule has 1 amide bonds. The van der Waals surface area contributed by atoms with E-state index in [2.05, 4.69) is 10.3 Å². The second-order valence-electron chi connectivity index (χ2n) is 3.99. The SMILES string of the molecule is CC1CCOC1C(=O)NCc1cc[nH]c1. The van der Waals surface area contributed by atoms with Crippen molar-refractivity contribution in [1.29, 1.82) is 0 Å². The van der Waals surface area contributed by atoms with Gasteiger partial charge in [-0.3, -0.25) is 4.79 Å². The van der Waals surface area contributed by atoms with Gasteiger partial charge in [-0.05, 0) is 24.0 Å². The number of H-pyrrole nitrogens is 1. The van der Waals surface area contributed by atoms with Crippen molar-refractivity contribution in [3.63, 3.8) is 0 Å². The van der Waals surface area contributed by atoms with Crippen LogP contribution in [0.5, 0.6) is 0 Å². The minimum Gasteiger partial charge on any atom is -0.368 e. The van der Waals surface area contributed by atoms with Crippen molar-refractivity contribution in [2.45, 2.75) is 26.0 Å². The lowest BCUT2D eigenvalue weighted by atomic mass is 10.0. The molecule has 2 rings (SSSR count). The highest BCUT2D eigenvalue weighted by Gasteiger charge is 2.30. The van der Waals surface area contributed by atoms with Crippen molar-refractivity contribution in [3.05, 3.63) is 24.0 Å². The number of hydrogen-bond donors (Lipinski definition) is 2. The summed E-state index contributed by atoms with van der Waals surface area (Å²) in [7, 11) is 0. The molecule has 0 saturated carbocycles. The predicted octanol–water partition coefficient (Wildman–Crippen LogP) is 1.06. The maximum atomic E-state index is 11.7. The van der Waals surface area contributed by atoms with E-state index in [1.165, 1.54) is 0 Å². The summed E-state index contributed by atoms with van der Waals surface area (Å²) < 4.78 is 5.38. The van der Waals surface area contributed by atoms with Crippen molar-refractivity contribution >= 4 is 5.91 Å². The highest BCUT2D eigenvalue weighted by atomic mass is 16.5. The van der Waals surface area contributed by atoms with Crippen molar-refractivity contribution < 1.29 is 9.53 Å². The van der Waals surface area contributed by atoms with Crippen LogP contribution in [0.2, 0.25) is 0 Å². The van der Waals surface area contributed by atoms with Crippen LogP contribution in [0, 0.1) is 5.92 Å². The summed E-state index contributed by atoms with van der Waals surface area (Å²) in [5.74, 6) is 0.331. The van der Waals surface area contributed by atoms with E-state index in [4.69, 9.17) is 4.74 Å². The van der Waals surface area contributed by atoms with Crippen molar-refractivity contribution in [2.24, 2.45) is 5.92 Å². The molecule has 1 saturated heterocycles. The van der Waals surface area contributed by atoms with Gasteiger partial charge in [0.1, 0.15) is 6.10 Å². The summed E-state index contributed by atoms with van der Waals surface area (Å²) in [4.78, 5) is 14.7. The first kappa shape index (κ1) is 10.2. The topological polar surface area (TPSA) is 54.1 Å². The molecular weight excluding hydrogens is 192 g/mol. The van der Waals surface area contributed by atoms with Crippen LogP contribution >= 0.6 is 0 Å². The average Bonchev–Trinajstić information content (AvgIpc) is 2.84. The van der Waals surface area contributed by atoms with E-state index in [-0.39, 0.29) is 12.0 Å². The van der Waals surface area contributed by atoms with Crippen LogP contribution in [-0.2, 0) is 16.1 Å². The minimum absolute atomic E-state index is 0.00111. The zero-order valence-electron chi connectivity index (χ0n) is 8.82. The molecule has 0 radical (unpaired) electrons. The van der Waals surface area contributed by atoms with Crippen LogP contribution in [0.3, 0.4) is 0 Å². The number of rotatable bonds is 3. The molecule has 1 aromatic heterocycles. The molecule has 0 aliphatic carbocycles. The van der Waals surface area contributed by atoms with Crippen molar-refractivity contribution in [1.82, 2.24) is 10.3 Å². The predicted molar refractivity (Wildman–Crippen MR) is 56.2 cm³/mol. The zero-order chi connectivity index (χ0) is 10.7. The molecular formula is C11H16N2O2. The Hall–Kier alpha value is -1.29. The van der Waals surface area contributed by atoms with E-state index in [1.54, 1.807) is 0 Å². The molecule has 1 fully saturated rings. The normalized spacial score (nSPS) is 25.4. The molecule has 1 aliphatic heterocycles. The lowest BCUT2D eigenvalue weighted by Crippen LogP contribution is -2.36. The van der Waals surface area contributed by atoms with Crippen molar-refractivity contribution in [2.75, 3.05) is 6.61 Å². The fourth-order valence-corrected chi connectivity index (χ4v) is 1.79. The number of aromatic nitrogens is 1. The summed E-state index contributed by atoms with van der Waals surface area (Å²) in [6.45, 7) is 3.31. The third-order valence-corrected chi connectivity index (χ3v) is 2.77. The van der Waals surface area contributed by atoms with E-state index in [9.17, 15) is 4.79 Å². The highest BCUT2D eigenvalue weighted by Crippen LogP contribution is 2.19. The van der Waals surface area contributed by atoms with Crippen LogP contribution in [0.15, 0.2) is 18.5 Å². The van der Waals surface area contributed by atoms with Crippen LogP contribution in [0.4, 0.5) is 0 Å². The lowest BCUT2D eigenvalue weighted by Gasteiger charge is -2.13. The van der Waals surface area contributed by atoms with Crippen molar-refractivity contribution in [3.8, 4) is 0 Å². The molecule has 2 atom stereocenters. The van der Waals surface area contributed by atoms with Crippen LogP contribution in [0.25, 0.3) is 0 Å². The summed E-state index contributed by atoms with van der Waals surface area (Å²) in [5, 5.41) is 2.87. The molecule has 82 valence electrons. The molecule has 2 N–H and O–H groups in total. The molecule has 2 heterocycles. The molecule has 4 heteroatoms. The van der Waals surface area contributed by atoms with Crippen LogP contribution in [0.1, 0.15) is 18.9 Å². The van der Waals surface area contributed by atoms with Gasteiger partial charge in [-0.15, -0.1) is 0 Å². The van der Waals surface area contributed by atoms with Gasteiger partial charge in [0, 0.05) is 25.5 Å². The average molecular weight is 208 g/mol. The number of carbonyl (C=O) groups excluding carboxylic acids is 1. The van der Waals surface area contributed by atoms with Gasteiger partial charge in [-0.2, -0.15) is 0 Å². The molecule has 0 bridgehead atoms. The molecule has 4 nitrogen and oxygen atoms in total. The third-order valence-electron chi connectivity index (χ3n) is 2.77. The van der Waals surface area contributed by atoms with E-state index >= 15 is 0 Å². The molecule has 0 aromatic carbocycles. The highest BCUT2D eigenvalue weighted by molar-refractivity contribution is 5.81. The van der Waals surface area contributed by atoms with Gasteiger partial charge in [0.25, 0.3) is 0 Å². The maximum absolute atomic E-state index is 11.7. The minimum atomic E-state index is -0.260. The van der Waals surface area contributed by atoms with Gasteiger partial charge >= 0.3 is 0 Å². The number of nitrogens with one attached hydrogen (secondary N) is 2. The fourth-order valence-electron chi connectivity index (χ4n) is 1.79. The molecule has 2 unspecified atom stereocenters. The first-order valence-corrected chi connectivity index (χ1v) is 5.28. The van der Waals surface area contributed by atoms with Crippen LogP contribution in [-0.4, -0.2) is 23.6 Å². The Kier molecular flexibility index (Phi) is 3.06. The second-order valence-corrected chi connectivity index (χ2v) is 3.99. The van der Waals surface area contributed by atoms with Gasteiger partial charge < -0.3 is 15.0 Å². The third kappa shape index (κ3) is 2.39. The lowest BCUT2D eigenvalue weighted by molar-refractivity contribution is -0.131. The maximum Gasteiger partial charge on any atom is 0.249 e. The Bertz CT molecular complexity index is 321. The number of hydrogen-bond acceptors (Lipinski definition) is 2. The standard InChI is InChI=1S/C11H16N2O2/c1-8-3-5-15-10(8)11(14)13-7-9-2-4-12-6-9/h2,4,6,8,10,12H,3,5,7H2,1H3,(H,13,14). The first-order valence-electron chi connectivity index (χ1n) is 5.28. The molecule has 15 heavy (non-hydrogen) atoms. The van der Waals surface area contributed by atoms with Gasteiger partial charge in [0.2, 0.25) is 5.91 Å². The van der Waals surface area contributed by atoms with Gasteiger partial charge in [-0.1, -0.05) is 6.92 Å². The quantitative estimate of drug-likeness (QED) is 0.780. The van der Waals surface area contributed by atoms with Gasteiger partial charge in [0.15, 0.2) is 0 Å². The van der Waals surface area contributed by atoms with E-state index < -0.39 is 0 Å². The zero-order valence-corrected chi connectivity index (χ0v) is 8.82. The number of ether oxygens (including phenoxy) is 1.